The molecular formula is C21H25FN4O2. The largest absolute Gasteiger partial charge is 0.356 e. The summed E-state index contributed by atoms with van der Waals surface area (Å²) in [5, 5.41) is 9.44. The molecule has 0 radical (unpaired) electrons. The molecule has 4 rings (SSSR count). The highest BCUT2D eigenvalue weighted by molar-refractivity contribution is 5.92. The fourth-order valence-electron chi connectivity index (χ4n) is 4.87. The number of halogens is 1. The van der Waals surface area contributed by atoms with E-state index in [-0.39, 0.29) is 29.0 Å². The zero-order chi connectivity index (χ0) is 19.7. The number of fused-ring (bicyclic) bond motifs is 2. The number of piperidine rings is 1. The van der Waals surface area contributed by atoms with Crippen LogP contribution in [-0.4, -0.2) is 46.5 Å². The summed E-state index contributed by atoms with van der Waals surface area (Å²) in [6.07, 6.45) is 4.37. The van der Waals surface area contributed by atoms with Gasteiger partial charge in [-0.1, -0.05) is 6.07 Å². The predicted molar refractivity (Wildman–Crippen MR) is 102 cm³/mol. The number of rotatable bonds is 4. The van der Waals surface area contributed by atoms with Crippen molar-refractivity contribution in [2.45, 2.75) is 43.9 Å². The van der Waals surface area contributed by atoms with Crippen LogP contribution in [-0.2, 0) is 10.2 Å². The zero-order valence-electron chi connectivity index (χ0n) is 16.0. The van der Waals surface area contributed by atoms with Gasteiger partial charge in [-0.2, -0.15) is 5.10 Å². The van der Waals surface area contributed by atoms with Crippen molar-refractivity contribution >= 4 is 11.8 Å². The maximum atomic E-state index is 14.0. The lowest BCUT2D eigenvalue weighted by Crippen LogP contribution is -2.44. The molecule has 2 aliphatic rings. The number of likely N-dealkylation sites (tertiary alicyclic amines) is 1. The van der Waals surface area contributed by atoms with Gasteiger partial charge in [0.15, 0.2) is 0 Å². The van der Waals surface area contributed by atoms with Crippen LogP contribution in [0.4, 0.5) is 4.39 Å². The molecule has 1 atom stereocenters. The minimum absolute atomic E-state index is 0.0340. The molecule has 7 heteroatoms. The summed E-state index contributed by atoms with van der Waals surface area (Å²) in [6.45, 7) is 3.74. The third kappa shape index (κ3) is 3.30. The summed E-state index contributed by atoms with van der Waals surface area (Å²) in [5.74, 6) is -0.167. The average molecular weight is 384 g/mol. The Morgan fingerprint density at radius 3 is 2.79 bits per heavy atom. The molecule has 148 valence electrons. The Morgan fingerprint density at radius 1 is 1.32 bits per heavy atom. The van der Waals surface area contributed by atoms with E-state index < -0.39 is 0 Å². The molecular weight excluding hydrogens is 359 g/mol. The second kappa shape index (κ2) is 7.37. The van der Waals surface area contributed by atoms with E-state index in [1.165, 1.54) is 6.07 Å². The molecule has 6 nitrogen and oxygen atoms in total. The highest BCUT2D eigenvalue weighted by Crippen LogP contribution is 2.53. The van der Waals surface area contributed by atoms with Crippen LogP contribution in [0.2, 0.25) is 0 Å². The molecule has 1 spiro atoms. The van der Waals surface area contributed by atoms with Crippen LogP contribution >= 0.6 is 0 Å². The fraction of sp³-hybridized carbons (Fsp3) is 0.476. The van der Waals surface area contributed by atoms with Gasteiger partial charge in [-0.05, 0) is 66.8 Å². The molecule has 1 aromatic carbocycles. The third-order valence-electron chi connectivity index (χ3n) is 6.21. The van der Waals surface area contributed by atoms with Crippen molar-refractivity contribution in [1.82, 2.24) is 20.4 Å². The van der Waals surface area contributed by atoms with Crippen molar-refractivity contribution in [3.8, 4) is 0 Å². The molecule has 1 saturated heterocycles. The van der Waals surface area contributed by atoms with Crippen LogP contribution in [0.5, 0.6) is 0 Å². The van der Waals surface area contributed by atoms with Gasteiger partial charge in [0.2, 0.25) is 5.91 Å². The van der Waals surface area contributed by atoms with Crippen LogP contribution in [0.1, 0.15) is 60.1 Å². The third-order valence-corrected chi connectivity index (χ3v) is 6.21. The number of carbonyl (C=O) groups excluding carboxylic acids is 2. The Kier molecular flexibility index (Phi) is 4.91. The molecule has 2 aromatic rings. The summed E-state index contributed by atoms with van der Waals surface area (Å²) >= 11 is 0. The minimum Gasteiger partial charge on any atom is -0.356 e. The second-order valence-corrected chi connectivity index (χ2v) is 7.83. The van der Waals surface area contributed by atoms with Crippen LogP contribution in [0.15, 0.2) is 30.5 Å². The van der Waals surface area contributed by atoms with Gasteiger partial charge in [-0.25, -0.2) is 4.39 Å². The predicted octanol–water partition coefficient (Wildman–Crippen LogP) is 2.74. The molecule has 2 N–H and O–H groups in total. The van der Waals surface area contributed by atoms with E-state index in [2.05, 4.69) is 15.5 Å². The van der Waals surface area contributed by atoms with Crippen LogP contribution in [0.25, 0.3) is 0 Å². The van der Waals surface area contributed by atoms with Gasteiger partial charge in [0.25, 0.3) is 5.91 Å². The van der Waals surface area contributed by atoms with Crippen molar-refractivity contribution in [3.05, 3.63) is 53.1 Å². The standard InChI is InChI=1S/C21H25FN4O2/c1-2-23-19(27)11-14-13-21(17-12-15(22)3-4-16(14)17)6-9-26(10-7-21)20(28)18-5-8-24-25-18/h3-5,8,12,14H,2,6-7,9-11,13H2,1H3,(H,23,27)(H,24,25). The zero-order valence-corrected chi connectivity index (χ0v) is 16.0. The van der Waals surface area contributed by atoms with E-state index in [1.807, 2.05) is 17.9 Å². The lowest BCUT2D eigenvalue weighted by atomic mass is 9.73. The Morgan fingerprint density at radius 2 is 2.11 bits per heavy atom. The lowest BCUT2D eigenvalue weighted by molar-refractivity contribution is -0.121. The number of benzene rings is 1. The Hall–Kier alpha value is -2.70. The van der Waals surface area contributed by atoms with Crippen LogP contribution < -0.4 is 5.32 Å². The average Bonchev–Trinajstić information content (AvgIpc) is 3.30. The summed E-state index contributed by atoms with van der Waals surface area (Å²) < 4.78 is 14.0. The normalized spacial score (nSPS) is 20.2. The lowest BCUT2D eigenvalue weighted by Gasteiger charge is -2.40. The number of H-pyrrole nitrogens is 1. The van der Waals surface area contributed by atoms with E-state index in [0.717, 1.165) is 30.4 Å². The fourth-order valence-corrected chi connectivity index (χ4v) is 4.87. The van der Waals surface area contributed by atoms with E-state index in [0.29, 0.717) is 31.7 Å². The smallest absolute Gasteiger partial charge is 0.271 e. The molecule has 1 aliphatic carbocycles. The maximum absolute atomic E-state index is 14.0. The number of hydrogen-bond acceptors (Lipinski definition) is 3. The molecule has 2 heterocycles. The molecule has 0 saturated carbocycles. The summed E-state index contributed by atoms with van der Waals surface area (Å²) in [7, 11) is 0. The highest BCUT2D eigenvalue weighted by Gasteiger charge is 2.46. The Labute approximate surface area is 163 Å². The van der Waals surface area contributed by atoms with Crippen LogP contribution in [0, 0.1) is 5.82 Å². The highest BCUT2D eigenvalue weighted by atomic mass is 19.1. The van der Waals surface area contributed by atoms with Gasteiger partial charge in [0.1, 0.15) is 11.5 Å². The summed E-state index contributed by atoms with van der Waals surface area (Å²) in [4.78, 5) is 26.6. The quantitative estimate of drug-likeness (QED) is 0.851. The number of amides is 2. The number of aromatic nitrogens is 2. The Balaban J connectivity index is 1.54. The number of carbonyl (C=O) groups is 2. The molecule has 2 amide bonds. The first-order chi connectivity index (χ1) is 13.5. The molecule has 1 aliphatic heterocycles. The number of aromatic amines is 1. The SMILES string of the molecule is CCNC(=O)CC1CC2(CCN(C(=O)c3ccn[nH]3)CC2)c2cc(F)ccc21. The number of nitrogens with one attached hydrogen (secondary N) is 2. The van der Waals surface area contributed by atoms with Crippen molar-refractivity contribution in [2.24, 2.45) is 0 Å². The van der Waals surface area contributed by atoms with Gasteiger partial charge < -0.3 is 10.2 Å². The molecule has 1 unspecified atom stereocenters. The molecule has 0 bridgehead atoms. The van der Waals surface area contributed by atoms with Gasteiger partial charge in [-0.3, -0.25) is 14.7 Å². The topological polar surface area (TPSA) is 78.1 Å². The van der Waals surface area contributed by atoms with Gasteiger partial charge in [0, 0.05) is 32.3 Å². The first kappa shape index (κ1) is 18.7. The minimum atomic E-state index is -0.243. The van der Waals surface area contributed by atoms with Crippen molar-refractivity contribution < 1.29 is 14.0 Å². The monoisotopic (exact) mass is 384 g/mol. The van der Waals surface area contributed by atoms with Crippen molar-refractivity contribution in [1.29, 1.82) is 0 Å². The maximum Gasteiger partial charge on any atom is 0.271 e. The first-order valence-corrected chi connectivity index (χ1v) is 9.88. The van der Waals surface area contributed by atoms with Crippen LogP contribution in [0.3, 0.4) is 0 Å². The van der Waals surface area contributed by atoms with Crippen molar-refractivity contribution in [3.63, 3.8) is 0 Å². The number of hydrogen-bond donors (Lipinski definition) is 2. The van der Waals surface area contributed by atoms with E-state index in [1.54, 1.807) is 18.3 Å². The Bertz CT molecular complexity index is 873. The molecule has 1 aromatic heterocycles. The molecule has 28 heavy (non-hydrogen) atoms. The van der Waals surface area contributed by atoms with Gasteiger partial charge in [-0.15, -0.1) is 0 Å². The second-order valence-electron chi connectivity index (χ2n) is 7.83. The first-order valence-electron chi connectivity index (χ1n) is 9.88. The van der Waals surface area contributed by atoms with E-state index in [4.69, 9.17) is 0 Å². The summed E-state index contributed by atoms with van der Waals surface area (Å²) in [5.41, 5.74) is 2.43. The summed E-state index contributed by atoms with van der Waals surface area (Å²) in [6, 6.07) is 6.64. The van der Waals surface area contributed by atoms with Crippen molar-refractivity contribution in [2.75, 3.05) is 19.6 Å². The van der Waals surface area contributed by atoms with Gasteiger partial charge in [0.05, 0.1) is 0 Å². The number of nitrogens with zero attached hydrogens (tertiary/aromatic N) is 2. The van der Waals surface area contributed by atoms with E-state index >= 15 is 0 Å². The molecule has 1 fully saturated rings. The van der Waals surface area contributed by atoms with E-state index in [9.17, 15) is 14.0 Å². The van der Waals surface area contributed by atoms with Gasteiger partial charge >= 0.3 is 0 Å².